The Labute approximate surface area is 106 Å². The first-order valence-electron chi connectivity index (χ1n) is 4.62. The van der Waals surface area contributed by atoms with Crippen LogP contribution >= 0.6 is 15.9 Å². The van der Waals surface area contributed by atoms with Crippen LogP contribution in [0.15, 0.2) is 35.3 Å². The molecule has 1 aromatic carbocycles. The van der Waals surface area contributed by atoms with Crippen LogP contribution in [-0.2, 0) is 4.74 Å². The first-order chi connectivity index (χ1) is 8.04. The number of hydrogen-bond acceptors (Lipinski definition) is 3. The standard InChI is InChI=1S/C11H10BrNO4/c1-2-5-17-11(16)13-9-6-7(12)3-4-8(9)10(14)15/h2-4,6H,1,5H2,(H,13,16)(H,14,15). The first-order valence-corrected chi connectivity index (χ1v) is 5.41. The lowest BCUT2D eigenvalue weighted by atomic mass is 10.2. The number of rotatable bonds is 4. The number of nitrogens with one attached hydrogen (secondary N) is 1. The molecule has 2 N–H and O–H groups in total. The lowest BCUT2D eigenvalue weighted by molar-refractivity contribution is 0.0698. The molecule has 1 aromatic rings. The van der Waals surface area contributed by atoms with Crippen LogP contribution in [0.1, 0.15) is 10.4 Å². The number of hydrogen-bond donors (Lipinski definition) is 2. The van der Waals surface area contributed by atoms with Crippen molar-refractivity contribution in [2.45, 2.75) is 0 Å². The number of ether oxygens (including phenoxy) is 1. The van der Waals surface area contributed by atoms with Crippen molar-refractivity contribution in [3.63, 3.8) is 0 Å². The maximum atomic E-state index is 11.3. The molecule has 0 atom stereocenters. The minimum Gasteiger partial charge on any atom is -0.478 e. The average Bonchev–Trinajstić information content (AvgIpc) is 2.26. The summed E-state index contributed by atoms with van der Waals surface area (Å²) < 4.78 is 5.35. The fraction of sp³-hybridized carbons (Fsp3) is 0.0909. The molecule has 5 nitrogen and oxygen atoms in total. The average molecular weight is 300 g/mol. The summed E-state index contributed by atoms with van der Waals surface area (Å²) in [5.74, 6) is -1.13. The maximum absolute atomic E-state index is 11.3. The third-order valence-electron chi connectivity index (χ3n) is 1.78. The molecular weight excluding hydrogens is 290 g/mol. The van der Waals surface area contributed by atoms with Gasteiger partial charge in [0.2, 0.25) is 0 Å². The number of halogens is 1. The highest BCUT2D eigenvalue weighted by molar-refractivity contribution is 9.10. The van der Waals surface area contributed by atoms with Gasteiger partial charge in [-0.05, 0) is 18.2 Å². The zero-order valence-electron chi connectivity index (χ0n) is 8.77. The van der Waals surface area contributed by atoms with Crippen LogP contribution in [0.25, 0.3) is 0 Å². The third-order valence-corrected chi connectivity index (χ3v) is 2.27. The van der Waals surface area contributed by atoms with E-state index in [0.717, 1.165) is 0 Å². The third kappa shape index (κ3) is 3.92. The second-order valence-corrected chi connectivity index (χ2v) is 3.92. The number of aromatic carboxylic acids is 1. The summed E-state index contributed by atoms with van der Waals surface area (Å²) in [6, 6.07) is 4.44. The Hall–Kier alpha value is -1.82. The van der Waals surface area contributed by atoms with Gasteiger partial charge in [-0.1, -0.05) is 28.6 Å². The van der Waals surface area contributed by atoms with Crippen molar-refractivity contribution in [1.82, 2.24) is 0 Å². The fourth-order valence-corrected chi connectivity index (χ4v) is 1.45. The first kappa shape index (κ1) is 13.2. The Morgan fingerprint density at radius 2 is 2.24 bits per heavy atom. The van der Waals surface area contributed by atoms with Gasteiger partial charge in [-0.2, -0.15) is 0 Å². The molecule has 0 bridgehead atoms. The van der Waals surface area contributed by atoms with Crippen LogP contribution in [0.5, 0.6) is 0 Å². The Kier molecular flexibility index (Phi) is 4.71. The van der Waals surface area contributed by atoms with Crippen LogP contribution in [0.3, 0.4) is 0 Å². The molecule has 1 rings (SSSR count). The summed E-state index contributed by atoms with van der Waals surface area (Å²) in [4.78, 5) is 22.2. The van der Waals surface area contributed by atoms with E-state index >= 15 is 0 Å². The van der Waals surface area contributed by atoms with Gasteiger partial charge in [0.25, 0.3) is 0 Å². The van der Waals surface area contributed by atoms with E-state index in [2.05, 4.69) is 27.8 Å². The molecular formula is C11H10BrNO4. The number of carboxylic acid groups (broad SMARTS) is 1. The Morgan fingerprint density at radius 1 is 1.53 bits per heavy atom. The van der Waals surface area contributed by atoms with Gasteiger partial charge in [-0.15, -0.1) is 0 Å². The maximum Gasteiger partial charge on any atom is 0.411 e. The summed E-state index contributed by atoms with van der Waals surface area (Å²) in [6.45, 7) is 3.45. The fourth-order valence-electron chi connectivity index (χ4n) is 1.09. The second kappa shape index (κ2) is 6.05. The van der Waals surface area contributed by atoms with E-state index in [9.17, 15) is 9.59 Å². The Bertz CT molecular complexity index is 459. The van der Waals surface area contributed by atoms with Crippen molar-refractivity contribution in [2.24, 2.45) is 0 Å². The zero-order chi connectivity index (χ0) is 12.8. The van der Waals surface area contributed by atoms with Crippen LogP contribution in [-0.4, -0.2) is 23.8 Å². The van der Waals surface area contributed by atoms with Crippen LogP contribution in [0, 0.1) is 0 Å². The molecule has 0 aliphatic heterocycles. The minimum atomic E-state index is -1.13. The highest BCUT2D eigenvalue weighted by atomic mass is 79.9. The van der Waals surface area contributed by atoms with E-state index in [4.69, 9.17) is 9.84 Å². The molecule has 17 heavy (non-hydrogen) atoms. The molecule has 90 valence electrons. The predicted octanol–water partition coefficient (Wildman–Crippen LogP) is 2.88. The van der Waals surface area contributed by atoms with Crippen LogP contribution in [0.4, 0.5) is 10.5 Å². The van der Waals surface area contributed by atoms with Crippen molar-refractivity contribution in [2.75, 3.05) is 11.9 Å². The number of amides is 1. The summed E-state index contributed by atoms with van der Waals surface area (Å²) in [5, 5.41) is 11.3. The summed E-state index contributed by atoms with van der Waals surface area (Å²) in [5.41, 5.74) is 0.157. The number of carbonyl (C=O) groups is 2. The second-order valence-electron chi connectivity index (χ2n) is 3.01. The highest BCUT2D eigenvalue weighted by Gasteiger charge is 2.13. The van der Waals surface area contributed by atoms with E-state index in [0.29, 0.717) is 4.47 Å². The molecule has 1 amide bonds. The van der Waals surface area contributed by atoms with Crippen LogP contribution < -0.4 is 5.32 Å². The lowest BCUT2D eigenvalue weighted by Crippen LogP contribution is -2.16. The van der Waals surface area contributed by atoms with Crippen molar-refractivity contribution in [3.8, 4) is 0 Å². The van der Waals surface area contributed by atoms with Gasteiger partial charge in [-0.25, -0.2) is 9.59 Å². The molecule has 0 aliphatic carbocycles. The van der Waals surface area contributed by atoms with E-state index < -0.39 is 12.1 Å². The summed E-state index contributed by atoms with van der Waals surface area (Å²) >= 11 is 3.19. The summed E-state index contributed by atoms with van der Waals surface area (Å²) in [7, 11) is 0. The van der Waals surface area contributed by atoms with Crippen molar-refractivity contribution >= 4 is 33.7 Å². The minimum absolute atomic E-state index is 0.0104. The highest BCUT2D eigenvalue weighted by Crippen LogP contribution is 2.21. The van der Waals surface area contributed by atoms with Crippen LogP contribution in [0.2, 0.25) is 0 Å². The Balaban J connectivity index is 2.88. The van der Waals surface area contributed by atoms with E-state index in [1.54, 1.807) is 6.07 Å². The van der Waals surface area contributed by atoms with Gasteiger partial charge in [0.15, 0.2) is 0 Å². The van der Waals surface area contributed by atoms with Gasteiger partial charge in [0.1, 0.15) is 6.61 Å². The molecule has 0 fully saturated rings. The monoisotopic (exact) mass is 299 g/mol. The number of carbonyl (C=O) groups excluding carboxylic acids is 1. The van der Waals surface area contributed by atoms with E-state index in [-0.39, 0.29) is 17.9 Å². The molecule has 0 aromatic heterocycles. The molecule has 6 heteroatoms. The van der Waals surface area contributed by atoms with Crippen molar-refractivity contribution < 1.29 is 19.4 Å². The molecule has 0 unspecified atom stereocenters. The van der Waals surface area contributed by atoms with Gasteiger partial charge in [0.05, 0.1) is 11.3 Å². The van der Waals surface area contributed by atoms with E-state index in [1.165, 1.54) is 18.2 Å². The van der Waals surface area contributed by atoms with Gasteiger partial charge < -0.3 is 9.84 Å². The van der Waals surface area contributed by atoms with Gasteiger partial charge in [-0.3, -0.25) is 5.32 Å². The van der Waals surface area contributed by atoms with Crippen molar-refractivity contribution in [3.05, 3.63) is 40.9 Å². The normalized spacial score (nSPS) is 9.47. The number of anilines is 1. The Morgan fingerprint density at radius 3 is 2.82 bits per heavy atom. The molecule has 0 saturated heterocycles. The van der Waals surface area contributed by atoms with E-state index in [1.807, 2.05) is 0 Å². The number of carboxylic acids is 1. The van der Waals surface area contributed by atoms with Crippen molar-refractivity contribution in [1.29, 1.82) is 0 Å². The topological polar surface area (TPSA) is 75.6 Å². The lowest BCUT2D eigenvalue weighted by Gasteiger charge is -2.08. The zero-order valence-corrected chi connectivity index (χ0v) is 10.4. The smallest absolute Gasteiger partial charge is 0.411 e. The molecule has 0 aliphatic rings. The molecule has 0 radical (unpaired) electrons. The molecule has 0 heterocycles. The predicted molar refractivity (Wildman–Crippen MR) is 66.3 cm³/mol. The van der Waals surface area contributed by atoms with Gasteiger partial charge in [0, 0.05) is 4.47 Å². The SMILES string of the molecule is C=CCOC(=O)Nc1cc(Br)ccc1C(=O)O. The summed E-state index contributed by atoms with van der Waals surface area (Å²) in [6.07, 6.45) is 0.684. The van der Waals surface area contributed by atoms with Gasteiger partial charge >= 0.3 is 12.1 Å². The molecule has 0 spiro atoms. The molecule has 0 saturated carbocycles. The number of benzene rings is 1. The quantitative estimate of drug-likeness (QED) is 0.838. The largest absolute Gasteiger partial charge is 0.478 e.